The van der Waals surface area contributed by atoms with Gasteiger partial charge in [0.2, 0.25) is 0 Å². The Hall–Kier alpha value is -3.82. The van der Waals surface area contributed by atoms with Crippen molar-refractivity contribution in [2.24, 2.45) is 0 Å². The van der Waals surface area contributed by atoms with Crippen LogP contribution >= 0.6 is 15.8 Å². The standard InChI is InChI=1S/C38H32P2/c1-5-17-31(18-6-1)35-25-13-15-27-37(35)39(33-21-9-3-10-22-33)29-30-40(34-23-11-4-12-24-34)38-28-16-14-26-36(38)32-19-7-2-8-20-32/h1-28H,29-30H2. The molecule has 0 amide bonds. The van der Waals surface area contributed by atoms with E-state index in [1.54, 1.807) is 0 Å². The molecule has 0 N–H and O–H groups in total. The maximum Gasteiger partial charge on any atom is -0.0104 e. The van der Waals surface area contributed by atoms with Gasteiger partial charge in [0.15, 0.2) is 0 Å². The van der Waals surface area contributed by atoms with Gasteiger partial charge in [-0.25, -0.2) is 0 Å². The van der Waals surface area contributed by atoms with Gasteiger partial charge in [-0.05, 0) is 71.6 Å². The van der Waals surface area contributed by atoms with E-state index in [2.05, 4.69) is 170 Å². The molecule has 194 valence electrons. The first-order chi connectivity index (χ1) is 19.9. The van der Waals surface area contributed by atoms with Gasteiger partial charge in [0.25, 0.3) is 0 Å². The zero-order valence-corrected chi connectivity index (χ0v) is 24.3. The average molecular weight is 551 g/mol. The zero-order chi connectivity index (χ0) is 27.0. The van der Waals surface area contributed by atoms with E-state index in [0.717, 1.165) is 12.3 Å². The van der Waals surface area contributed by atoms with Gasteiger partial charge in [-0.1, -0.05) is 170 Å². The minimum Gasteiger partial charge on any atom is -0.0622 e. The van der Waals surface area contributed by atoms with Gasteiger partial charge >= 0.3 is 0 Å². The predicted octanol–water partition coefficient (Wildman–Crippen LogP) is 8.59. The number of benzene rings is 6. The van der Waals surface area contributed by atoms with E-state index in [9.17, 15) is 0 Å². The molecule has 2 atom stereocenters. The summed E-state index contributed by atoms with van der Waals surface area (Å²) in [6, 6.07) is 62.2. The van der Waals surface area contributed by atoms with Crippen molar-refractivity contribution in [2.45, 2.75) is 0 Å². The molecule has 0 aromatic heterocycles. The summed E-state index contributed by atoms with van der Waals surface area (Å²) in [5.74, 6) is 0. The molecule has 2 heteroatoms. The van der Waals surface area contributed by atoms with Crippen molar-refractivity contribution >= 4 is 37.1 Å². The van der Waals surface area contributed by atoms with Gasteiger partial charge in [-0.3, -0.25) is 0 Å². The summed E-state index contributed by atoms with van der Waals surface area (Å²) in [6.45, 7) is 0. The lowest BCUT2D eigenvalue weighted by Crippen LogP contribution is -2.21. The minimum absolute atomic E-state index is 0.556. The van der Waals surface area contributed by atoms with Gasteiger partial charge in [-0.2, -0.15) is 0 Å². The molecule has 6 aromatic carbocycles. The number of rotatable bonds is 9. The van der Waals surface area contributed by atoms with Crippen LogP contribution in [0.2, 0.25) is 0 Å². The summed E-state index contributed by atoms with van der Waals surface area (Å²) in [4.78, 5) is 0. The molecule has 0 aliphatic rings. The molecule has 0 aliphatic heterocycles. The molecule has 0 bridgehead atoms. The Bertz CT molecular complexity index is 1500. The van der Waals surface area contributed by atoms with Crippen molar-refractivity contribution < 1.29 is 0 Å². The molecule has 40 heavy (non-hydrogen) atoms. The van der Waals surface area contributed by atoms with Gasteiger partial charge in [0, 0.05) is 0 Å². The first-order valence-corrected chi connectivity index (χ1v) is 16.9. The molecule has 0 saturated carbocycles. The lowest BCUT2D eigenvalue weighted by molar-refractivity contribution is 1.50. The van der Waals surface area contributed by atoms with Crippen LogP contribution in [0.5, 0.6) is 0 Å². The van der Waals surface area contributed by atoms with Crippen LogP contribution in [0.15, 0.2) is 170 Å². The van der Waals surface area contributed by atoms with Crippen LogP contribution in [0.3, 0.4) is 0 Å². The quantitative estimate of drug-likeness (QED) is 0.158. The average Bonchev–Trinajstić information content (AvgIpc) is 3.05. The molecule has 0 radical (unpaired) electrons. The second-order valence-corrected chi connectivity index (χ2v) is 14.3. The van der Waals surface area contributed by atoms with Crippen LogP contribution in [-0.2, 0) is 0 Å². The summed E-state index contributed by atoms with van der Waals surface area (Å²) in [5, 5.41) is 5.82. The van der Waals surface area contributed by atoms with Crippen LogP contribution in [0, 0.1) is 0 Å². The van der Waals surface area contributed by atoms with Crippen molar-refractivity contribution in [1.82, 2.24) is 0 Å². The monoisotopic (exact) mass is 550 g/mol. The molecule has 6 rings (SSSR count). The highest BCUT2D eigenvalue weighted by molar-refractivity contribution is 7.77. The molecule has 0 aliphatic carbocycles. The molecule has 6 aromatic rings. The third-order valence-corrected chi connectivity index (χ3v) is 12.7. The van der Waals surface area contributed by atoms with Crippen molar-refractivity contribution in [3.05, 3.63) is 170 Å². The smallest absolute Gasteiger partial charge is 0.0104 e. The Morgan fingerprint density at radius 1 is 0.300 bits per heavy atom. The Labute approximate surface area is 240 Å². The molecular weight excluding hydrogens is 518 g/mol. The zero-order valence-electron chi connectivity index (χ0n) is 22.5. The third-order valence-electron chi connectivity index (χ3n) is 7.24. The fourth-order valence-corrected chi connectivity index (χ4v) is 11.1. The van der Waals surface area contributed by atoms with E-state index in [-0.39, 0.29) is 0 Å². The maximum atomic E-state index is 2.36. The topological polar surface area (TPSA) is 0 Å². The van der Waals surface area contributed by atoms with Crippen molar-refractivity contribution in [3.8, 4) is 22.3 Å². The normalized spacial score (nSPS) is 12.5. The fourth-order valence-electron chi connectivity index (χ4n) is 5.33. The maximum absolute atomic E-state index is 2.36. The molecule has 2 unspecified atom stereocenters. The van der Waals surface area contributed by atoms with E-state index in [1.165, 1.54) is 43.5 Å². The molecule has 0 saturated heterocycles. The van der Waals surface area contributed by atoms with Gasteiger partial charge in [0.05, 0.1) is 0 Å². The highest BCUT2D eigenvalue weighted by atomic mass is 31.1. The Balaban J connectivity index is 1.43. The Kier molecular flexibility index (Phi) is 8.60. The Morgan fingerprint density at radius 2 is 0.600 bits per heavy atom. The Morgan fingerprint density at radius 3 is 0.975 bits per heavy atom. The van der Waals surface area contributed by atoms with Crippen LogP contribution in [0.25, 0.3) is 22.3 Å². The second kappa shape index (κ2) is 13.0. The van der Waals surface area contributed by atoms with E-state index in [0.29, 0.717) is 0 Å². The molecular formula is C38H32P2. The largest absolute Gasteiger partial charge is 0.0622 e. The molecule has 0 nitrogen and oxygen atoms in total. The summed E-state index contributed by atoms with van der Waals surface area (Å²) in [6.07, 6.45) is 2.26. The van der Waals surface area contributed by atoms with Gasteiger partial charge in [0.1, 0.15) is 0 Å². The van der Waals surface area contributed by atoms with Crippen LogP contribution in [0.4, 0.5) is 0 Å². The van der Waals surface area contributed by atoms with Crippen LogP contribution in [0.1, 0.15) is 0 Å². The second-order valence-electron chi connectivity index (χ2n) is 9.74. The SMILES string of the molecule is c1ccc(-c2ccccc2P(CCP(c2ccccc2)c2ccccc2-c2ccccc2)c2ccccc2)cc1. The van der Waals surface area contributed by atoms with E-state index in [4.69, 9.17) is 0 Å². The summed E-state index contributed by atoms with van der Waals surface area (Å²) >= 11 is 0. The van der Waals surface area contributed by atoms with E-state index < -0.39 is 15.8 Å². The van der Waals surface area contributed by atoms with Gasteiger partial charge in [-0.15, -0.1) is 0 Å². The highest BCUT2D eigenvalue weighted by Crippen LogP contribution is 2.44. The van der Waals surface area contributed by atoms with Crippen molar-refractivity contribution in [1.29, 1.82) is 0 Å². The van der Waals surface area contributed by atoms with Gasteiger partial charge < -0.3 is 0 Å². The van der Waals surface area contributed by atoms with Crippen LogP contribution in [-0.4, -0.2) is 12.3 Å². The highest BCUT2D eigenvalue weighted by Gasteiger charge is 2.23. The first-order valence-electron chi connectivity index (χ1n) is 13.8. The molecule has 0 heterocycles. The third kappa shape index (κ3) is 6.00. The van der Waals surface area contributed by atoms with Crippen molar-refractivity contribution in [3.63, 3.8) is 0 Å². The van der Waals surface area contributed by atoms with E-state index >= 15 is 0 Å². The lowest BCUT2D eigenvalue weighted by Gasteiger charge is -2.27. The van der Waals surface area contributed by atoms with E-state index in [1.807, 2.05) is 0 Å². The first kappa shape index (κ1) is 26.4. The van der Waals surface area contributed by atoms with Crippen LogP contribution < -0.4 is 21.2 Å². The minimum atomic E-state index is -0.556. The summed E-state index contributed by atoms with van der Waals surface area (Å²) < 4.78 is 0. The number of hydrogen-bond acceptors (Lipinski definition) is 0. The molecule has 0 fully saturated rings. The molecule has 0 spiro atoms. The summed E-state index contributed by atoms with van der Waals surface area (Å²) in [7, 11) is -1.11. The number of hydrogen-bond donors (Lipinski definition) is 0. The lowest BCUT2D eigenvalue weighted by atomic mass is 10.1. The van der Waals surface area contributed by atoms with Crippen molar-refractivity contribution in [2.75, 3.05) is 12.3 Å². The fraction of sp³-hybridized carbons (Fsp3) is 0.0526. The summed E-state index contributed by atoms with van der Waals surface area (Å²) in [5.41, 5.74) is 5.29. The predicted molar refractivity (Wildman–Crippen MR) is 179 cm³/mol.